The molecule has 9 atom stereocenters. The molecule has 0 spiro atoms. The molecule has 48 heteroatoms. The van der Waals surface area contributed by atoms with E-state index in [4.69, 9.17) is 27.6 Å². The van der Waals surface area contributed by atoms with Crippen LogP contribution in [0.25, 0.3) is 9.81 Å². The number of aromatic hydroxyl groups is 2. The van der Waals surface area contributed by atoms with Crippen LogP contribution in [0.5, 0.6) is 23.0 Å². The van der Waals surface area contributed by atoms with Gasteiger partial charge in [-0.15, -0.1) is 23.5 Å². The van der Waals surface area contributed by atoms with Gasteiger partial charge in [0.2, 0.25) is 21.7 Å². The fraction of sp³-hybridized carbons (Fsp3) is 0.248. The van der Waals surface area contributed by atoms with Gasteiger partial charge in [0.15, 0.2) is 68.8 Å². The highest BCUT2D eigenvalue weighted by Gasteiger charge is 2.45. The summed E-state index contributed by atoms with van der Waals surface area (Å²) in [6.07, 6.45) is -13.9. The standard InChI is InChI=1S/C29H25F3N4O4S.C28H25F3N4O4S.C22H21F3N4O4S.C22H19F3N4O4S/c1-16-23-24(20-11-7-8-12-22(20)41-17(2)26(23)40-35-16)34-36-14-13-21(37)27(39-15-19-9-5-4-6-10-19)25(36)28(38)33-18(3)29(30,31)32;1-16-23-21(39-34-16)15-40-22-11-7-6-10-19(22)24(23)33-35-13-12-20(36)26(38-14-18-8-4-3-5-9-18)25(35)27(37)32-17(2)28(29,30)31;2*1-10-16-17(13-6-4-5-7-15(13)34-11(2)20(16)33-28-10)27-29-9-8-14(30)19(31)18(29)21(32)26-12(3)22(23,24)25/h4-14,18,24,34H,2,15H2,1,3H3,(H,33,38);3-13,17,24,33H,14-15H2,1-2H3,(H,32,37);4-9,11-12,17,27,31H,1-3H3,(H,26,32);4-9,12,17,27,31H,2H2,1,3H3,(H,26,32)/t18-,24?;17-,24?;11?,12-,17?;12-,17?/m1111/s1. The number of pyridine rings is 4. The average molecular weight is 2140 g/mol. The van der Waals surface area contributed by atoms with Crippen molar-refractivity contribution in [2.75, 3.05) is 21.7 Å². The largest absolute Gasteiger partial charge is 0.502 e. The van der Waals surface area contributed by atoms with Gasteiger partial charge in [-0.3, -0.25) is 57.1 Å². The molecule has 18 rings (SSSR count). The molecular weight excluding hydrogens is 2050 g/mol. The number of rotatable bonds is 22. The molecule has 0 radical (unpaired) electrons. The molecule has 6 aromatic carbocycles. The van der Waals surface area contributed by atoms with Crippen molar-refractivity contribution < 1.29 is 110 Å². The monoisotopic (exact) mass is 2140 g/mol. The van der Waals surface area contributed by atoms with Crippen molar-refractivity contribution in [3.8, 4) is 23.0 Å². The number of alkyl halides is 12. The van der Waals surface area contributed by atoms with Crippen LogP contribution in [0.2, 0.25) is 0 Å². The van der Waals surface area contributed by atoms with Gasteiger partial charge in [0.25, 0.3) is 23.6 Å². The van der Waals surface area contributed by atoms with Crippen molar-refractivity contribution in [3.63, 3.8) is 0 Å². The average Bonchev–Trinajstić information content (AvgIpc) is 1.58. The third-order valence-corrected chi connectivity index (χ3v) is 28.1. The molecule has 4 amide bonds. The number of thioether (sulfide) groups is 4. The maximum absolute atomic E-state index is 13.4. The lowest BCUT2D eigenvalue weighted by Gasteiger charge is -2.26. The molecule has 778 valence electrons. The highest BCUT2D eigenvalue weighted by molar-refractivity contribution is 8.08. The molecule has 4 aliphatic heterocycles. The number of aryl methyl sites for hydroxylation is 4. The lowest BCUT2D eigenvalue weighted by Crippen LogP contribution is -2.45. The molecule has 14 aromatic rings. The summed E-state index contributed by atoms with van der Waals surface area (Å²) in [6.45, 7) is 20.1. The second-order valence-electron chi connectivity index (χ2n) is 34.1. The predicted molar refractivity (Wildman–Crippen MR) is 529 cm³/mol. The van der Waals surface area contributed by atoms with Gasteiger partial charge < -0.3 is 80.7 Å². The first-order valence-corrected chi connectivity index (χ1v) is 48.7. The molecule has 0 aliphatic carbocycles. The number of carbonyl (C=O) groups is 4. The lowest BCUT2D eigenvalue weighted by atomic mass is 9.97. The number of nitrogens with one attached hydrogen (secondary N) is 8. The summed E-state index contributed by atoms with van der Waals surface area (Å²) in [5.41, 5.74) is 16.7. The number of nitrogens with zero attached hydrogens (tertiary/aromatic N) is 8. The van der Waals surface area contributed by atoms with Crippen molar-refractivity contribution in [2.45, 2.75) is 179 Å². The quantitative estimate of drug-likeness (QED) is 0.0282. The molecule has 12 heterocycles. The van der Waals surface area contributed by atoms with Gasteiger partial charge in [-0.1, -0.05) is 191 Å². The molecule has 0 fully saturated rings. The minimum absolute atomic E-state index is 0.0764. The van der Waals surface area contributed by atoms with Crippen LogP contribution in [0.4, 0.5) is 52.7 Å². The van der Waals surface area contributed by atoms with Crippen LogP contribution in [-0.2, 0) is 19.0 Å². The maximum atomic E-state index is 13.4. The topological polar surface area (TPSA) is 416 Å². The number of ether oxygens (including phenoxy) is 2. The normalized spacial score (nSPS) is 16.3. The summed E-state index contributed by atoms with van der Waals surface area (Å²) >= 11 is 5.82. The first-order valence-electron chi connectivity index (χ1n) is 45.2. The van der Waals surface area contributed by atoms with Crippen LogP contribution < -0.4 is 74.2 Å². The summed E-state index contributed by atoms with van der Waals surface area (Å²) < 4.78 is 197. The minimum atomic E-state index is -4.72. The Morgan fingerprint density at radius 2 is 0.691 bits per heavy atom. The third-order valence-electron chi connectivity index (χ3n) is 23.8. The zero-order valence-electron chi connectivity index (χ0n) is 79.7. The van der Waals surface area contributed by atoms with Crippen LogP contribution in [-0.4, -0.2) is 122 Å². The van der Waals surface area contributed by atoms with Crippen molar-refractivity contribution in [3.05, 3.63) is 385 Å². The van der Waals surface area contributed by atoms with E-state index < -0.39 is 158 Å². The number of fused-ring (bicyclic) bond motifs is 8. The molecule has 8 aromatic heterocycles. The molecule has 5 unspecified atom stereocenters. The highest BCUT2D eigenvalue weighted by atomic mass is 32.2. The highest BCUT2D eigenvalue weighted by Crippen LogP contribution is 2.52. The molecule has 0 saturated heterocycles. The van der Waals surface area contributed by atoms with E-state index >= 15 is 0 Å². The zero-order valence-corrected chi connectivity index (χ0v) is 83.0. The van der Waals surface area contributed by atoms with Crippen molar-refractivity contribution in [1.29, 1.82) is 0 Å². The van der Waals surface area contributed by atoms with Crippen LogP contribution in [0.1, 0.15) is 207 Å². The molecular formula is C101H90F12N16O16S4. The molecule has 0 bridgehead atoms. The number of halogens is 12. The van der Waals surface area contributed by atoms with Gasteiger partial charge in [-0.05, 0) is 120 Å². The maximum Gasteiger partial charge on any atom is 0.408 e. The van der Waals surface area contributed by atoms with Crippen molar-refractivity contribution >= 4 is 80.5 Å². The molecule has 149 heavy (non-hydrogen) atoms. The summed E-state index contributed by atoms with van der Waals surface area (Å²) in [4.78, 5) is 107. The summed E-state index contributed by atoms with van der Waals surface area (Å²) in [7, 11) is 0. The number of amides is 4. The molecule has 4 aliphatic rings. The van der Waals surface area contributed by atoms with Crippen LogP contribution >= 0.6 is 47.0 Å². The summed E-state index contributed by atoms with van der Waals surface area (Å²) in [5, 5.41) is 44.3. The van der Waals surface area contributed by atoms with Crippen LogP contribution in [0.15, 0.2) is 277 Å². The van der Waals surface area contributed by atoms with Gasteiger partial charge in [0.05, 0.1) is 78.9 Å². The Kier molecular flexibility index (Phi) is 32.1. The van der Waals surface area contributed by atoms with Crippen molar-refractivity contribution in [2.24, 2.45) is 0 Å². The second-order valence-corrected chi connectivity index (χ2v) is 38.8. The number of carbonyl (C=O) groups excluding carboxylic acids is 4. The van der Waals surface area contributed by atoms with E-state index in [0.717, 1.165) is 103 Å². The van der Waals surface area contributed by atoms with E-state index in [2.05, 4.69) is 55.5 Å². The Labute approximate surface area is 854 Å². The van der Waals surface area contributed by atoms with E-state index in [1.807, 2.05) is 115 Å². The minimum Gasteiger partial charge on any atom is -0.502 e. The zero-order chi connectivity index (χ0) is 107. The van der Waals surface area contributed by atoms with E-state index in [1.165, 1.54) is 63.6 Å². The fourth-order valence-electron chi connectivity index (χ4n) is 16.0. The Balaban J connectivity index is 0.000000149. The van der Waals surface area contributed by atoms with Gasteiger partial charge in [-0.25, -0.2) is 0 Å². The summed E-state index contributed by atoms with van der Waals surface area (Å²) in [5.74, 6) is -5.03. The van der Waals surface area contributed by atoms with Gasteiger partial charge >= 0.3 is 24.7 Å². The number of benzene rings is 6. The smallest absolute Gasteiger partial charge is 0.408 e. The number of aromatic nitrogens is 8. The third kappa shape index (κ3) is 23.8. The van der Waals surface area contributed by atoms with Gasteiger partial charge in [0.1, 0.15) is 37.4 Å². The van der Waals surface area contributed by atoms with Crippen molar-refractivity contribution in [1.82, 2.24) is 60.6 Å². The van der Waals surface area contributed by atoms with Crippen LogP contribution in [0, 0.1) is 27.7 Å². The second kappa shape index (κ2) is 44.5. The number of hydrogen-bond acceptors (Lipinski definition) is 28. The fourth-order valence-corrected chi connectivity index (χ4v) is 20.1. The predicted octanol–water partition coefficient (Wildman–Crippen LogP) is 19.1. The Morgan fingerprint density at radius 3 is 1.08 bits per heavy atom. The SMILES string of the molecule is C=C1Sc2ccccc2C(Nn2ccc(=O)c(O)c2C(=O)N[C@H](C)C(F)(F)F)c2c(C)noc21.C=C1Sc2ccccc2C(Nn2ccc(=O)c(OCc3ccccc3)c2C(=O)N[C@H](C)C(F)(F)F)c2c(C)noc21.Cc1noc2c1C(Nn1ccc(=O)c(O)c1C(=O)N[C@H](C)C(F)(F)F)c1ccccc1SC2C.Cc1noc2c1C(Nn1ccc(=O)c(OCc3ccccc3)c1C(=O)N[C@H](C)C(F)(F)F)c1ccccc1SC2. The van der Waals surface area contributed by atoms with Gasteiger partial charge in [-0.2, -0.15) is 52.7 Å². The molecule has 32 nitrogen and oxygen atoms in total. The Hall–Kier alpha value is -15.7. The van der Waals surface area contributed by atoms with E-state index in [0.29, 0.717) is 89.2 Å². The summed E-state index contributed by atoms with van der Waals surface area (Å²) in [6, 6.07) is 40.6. The van der Waals surface area contributed by atoms with E-state index in [1.54, 1.807) is 123 Å². The first-order chi connectivity index (χ1) is 70.6. The molecule has 10 N–H and O–H groups in total. The van der Waals surface area contributed by atoms with E-state index in [9.17, 15) is 101 Å². The van der Waals surface area contributed by atoms with E-state index in [-0.39, 0.29) is 24.2 Å². The van der Waals surface area contributed by atoms with Gasteiger partial charge in [0, 0.05) is 79.8 Å². The Morgan fingerprint density at radius 1 is 0.396 bits per heavy atom. The first kappa shape index (κ1) is 108. The molecule has 0 saturated carbocycles. The van der Waals surface area contributed by atoms with Crippen LogP contribution in [0.3, 0.4) is 0 Å². The Bertz CT molecular complexity index is 7680. The number of hydrogen-bond donors (Lipinski definition) is 10. The lowest BCUT2D eigenvalue weighted by molar-refractivity contribution is -0.149.